The van der Waals surface area contributed by atoms with Crippen LogP contribution < -0.4 is 0 Å². The molecule has 0 unspecified atom stereocenters. The molecule has 0 atom stereocenters. The van der Waals surface area contributed by atoms with Crippen molar-refractivity contribution in [3.8, 4) is 22.4 Å². The Labute approximate surface area is 113 Å². The third kappa shape index (κ3) is 2.41. The van der Waals surface area contributed by atoms with Gasteiger partial charge in [-0.05, 0) is 18.6 Å². The minimum Gasteiger partial charge on any atom is -0.256 e. The van der Waals surface area contributed by atoms with Crippen LogP contribution in [0.5, 0.6) is 0 Å². The summed E-state index contributed by atoms with van der Waals surface area (Å²) < 4.78 is 0. The quantitative estimate of drug-likeness (QED) is 0.636. The van der Waals surface area contributed by atoms with E-state index in [9.17, 15) is 0 Å². The van der Waals surface area contributed by atoms with E-state index in [-0.39, 0.29) is 0 Å². The topological polar surface area (TPSA) is 12.9 Å². The van der Waals surface area contributed by atoms with Gasteiger partial charge >= 0.3 is 0 Å². The molecular formula is C18H15N. The van der Waals surface area contributed by atoms with Crippen molar-refractivity contribution in [1.29, 1.82) is 0 Å². The largest absolute Gasteiger partial charge is 0.256 e. The standard InChI is InChI=1S/C18H15N/c1-14-7-5-10-16(13-14)17-11-6-12-19-18(17)15-8-3-2-4-9-15/h2-13H,1H3. The Morgan fingerprint density at radius 2 is 1.53 bits per heavy atom. The van der Waals surface area contributed by atoms with Crippen molar-refractivity contribution in [3.63, 3.8) is 0 Å². The normalized spacial score (nSPS) is 10.4. The first-order valence-corrected chi connectivity index (χ1v) is 6.42. The lowest BCUT2D eigenvalue weighted by Crippen LogP contribution is -1.88. The highest BCUT2D eigenvalue weighted by molar-refractivity contribution is 5.80. The molecule has 2 aromatic carbocycles. The fourth-order valence-electron chi connectivity index (χ4n) is 2.28. The van der Waals surface area contributed by atoms with Crippen molar-refractivity contribution >= 4 is 0 Å². The van der Waals surface area contributed by atoms with Gasteiger partial charge in [-0.2, -0.15) is 0 Å². The molecule has 0 fully saturated rings. The van der Waals surface area contributed by atoms with Crippen LogP contribution in [0.15, 0.2) is 72.9 Å². The molecule has 0 spiro atoms. The van der Waals surface area contributed by atoms with Gasteiger partial charge in [-0.15, -0.1) is 0 Å². The van der Waals surface area contributed by atoms with E-state index < -0.39 is 0 Å². The molecule has 1 heteroatoms. The van der Waals surface area contributed by atoms with E-state index in [4.69, 9.17) is 0 Å². The number of aromatic nitrogens is 1. The maximum Gasteiger partial charge on any atom is 0.0780 e. The summed E-state index contributed by atoms with van der Waals surface area (Å²) in [5.41, 5.74) is 5.85. The Balaban J connectivity index is 2.18. The average Bonchev–Trinajstić information content (AvgIpc) is 2.48. The second-order valence-electron chi connectivity index (χ2n) is 4.64. The van der Waals surface area contributed by atoms with Gasteiger partial charge in [-0.25, -0.2) is 0 Å². The molecule has 0 radical (unpaired) electrons. The predicted octanol–water partition coefficient (Wildman–Crippen LogP) is 4.72. The van der Waals surface area contributed by atoms with Crippen molar-refractivity contribution in [2.24, 2.45) is 0 Å². The van der Waals surface area contributed by atoms with Crippen LogP contribution in [0.2, 0.25) is 0 Å². The first kappa shape index (κ1) is 11.7. The molecule has 0 saturated carbocycles. The van der Waals surface area contributed by atoms with Crippen LogP contribution in [0.25, 0.3) is 22.4 Å². The highest BCUT2D eigenvalue weighted by Gasteiger charge is 2.07. The zero-order valence-electron chi connectivity index (χ0n) is 10.9. The smallest absolute Gasteiger partial charge is 0.0780 e. The maximum atomic E-state index is 4.55. The SMILES string of the molecule is Cc1cccc(-c2cccnc2-c2ccccc2)c1. The lowest BCUT2D eigenvalue weighted by Gasteiger charge is -2.09. The van der Waals surface area contributed by atoms with Crippen molar-refractivity contribution in [2.75, 3.05) is 0 Å². The van der Waals surface area contributed by atoms with E-state index in [1.807, 2.05) is 30.5 Å². The lowest BCUT2D eigenvalue weighted by molar-refractivity contribution is 1.32. The number of aryl methyl sites for hydroxylation is 1. The van der Waals surface area contributed by atoms with Gasteiger partial charge in [0.05, 0.1) is 5.69 Å². The number of hydrogen-bond donors (Lipinski definition) is 0. The Kier molecular flexibility index (Phi) is 3.11. The molecule has 0 N–H and O–H groups in total. The van der Waals surface area contributed by atoms with E-state index in [1.54, 1.807) is 0 Å². The predicted molar refractivity (Wildman–Crippen MR) is 79.8 cm³/mol. The second-order valence-corrected chi connectivity index (χ2v) is 4.64. The molecule has 1 nitrogen and oxygen atoms in total. The van der Waals surface area contributed by atoms with Crippen LogP contribution in [-0.2, 0) is 0 Å². The third-order valence-electron chi connectivity index (χ3n) is 3.18. The van der Waals surface area contributed by atoms with E-state index in [2.05, 4.69) is 54.4 Å². The average molecular weight is 245 g/mol. The van der Waals surface area contributed by atoms with Crippen molar-refractivity contribution < 1.29 is 0 Å². The number of hydrogen-bond acceptors (Lipinski definition) is 1. The highest BCUT2D eigenvalue weighted by atomic mass is 14.7. The molecule has 0 amide bonds. The molecule has 1 aromatic heterocycles. The summed E-state index contributed by atoms with van der Waals surface area (Å²) in [4.78, 5) is 4.55. The summed E-state index contributed by atoms with van der Waals surface area (Å²) in [5.74, 6) is 0. The van der Waals surface area contributed by atoms with E-state index in [1.165, 1.54) is 16.7 Å². The van der Waals surface area contributed by atoms with Gasteiger partial charge in [0, 0.05) is 17.3 Å². The molecule has 19 heavy (non-hydrogen) atoms. The molecule has 0 aliphatic heterocycles. The van der Waals surface area contributed by atoms with Gasteiger partial charge in [0.25, 0.3) is 0 Å². The summed E-state index contributed by atoms with van der Waals surface area (Å²) in [6.07, 6.45) is 1.85. The Morgan fingerprint density at radius 3 is 2.32 bits per heavy atom. The number of rotatable bonds is 2. The number of nitrogens with zero attached hydrogens (tertiary/aromatic N) is 1. The Bertz CT molecular complexity index is 687. The second kappa shape index (κ2) is 5.07. The van der Waals surface area contributed by atoms with Gasteiger partial charge in [-0.3, -0.25) is 4.98 Å². The van der Waals surface area contributed by atoms with E-state index in [0.29, 0.717) is 0 Å². The summed E-state index contributed by atoms with van der Waals surface area (Å²) in [6.45, 7) is 2.11. The zero-order valence-corrected chi connectivity index (χ0v) is 10.9. The molecule has 92 valence electrons. The van der Waals surface area contributed by atoms with Crippen molar-refractivity contribution in [1.82, 2.24) is 4.98 Å². The van der Waals surface area contributed by atoms with E-state index >= 15 is 0 Å². The van der Waals surface area contributed by atoms with Gasteiger partial charge in [0.15, 0.2) is 0 Å². The fourth-order valence-corrected chi connectivity index (χ4v) is 2.28. The van der Waals surface area contributed by atoms with Gasteiger partial charge in [-0.1, -0.05) is 66.2 Å². The highest BCUT2D eigenvalue weighted by Crippen LogP contribution is 2.30. The maximum absolute atomic E-state index is 4.55. The molecular weight excluding hydrogens is 230 g/mol. The molecule has 0 aliphatic rings. The number of benzene rings is 2. The van der Waals surface area contributed by atoms with Crippen LogP contribution in [-0.4, -0.2) is 4.98 Å². The molecule has 3 aromatic rings. The fraction of sp³-hybridized carbons (Fsp3) is 0.0556. The molecule has 0 aliphatic carbocycles. The summed E-state index contributed by atoms with van der Waals surface area (Å²) in [7, 11) is 0. The third-order valence-corrected chi connectivity index (χ3v) is 3.18. The summed E-state index contributed by atoms with van der Waals surface area (Å²) in [5, 5.41) is 0. The van der Waals surface area contributed by atoms with Gasteiger partial charge in [0.2, 0.25) is 0 Å². The zero-order chi connectivity index (χ0) is 13.1. The number of pyridine rings is 1. The minimum atomic E-state index is 1.04. The summed E-state index contributed by atoms with van der Waals surface area (Å²) in [6, 6.07) is 23.0. The van der Waals surface area contributed by atoms with Gasteiger partial charge in [0.1, 0.15) is 0 Å². The molecule has 0 saturated heterocycles. The van der Waals surface area contributed by atoms with Crippen LogP contribution in [0, 0.1) is 6.92 Å². The van der Waals surface area contributed by atoms with Crippen molar-refractivity contribution in [3.05, 3.63) is 78.5 Å². The molecule has 1 heterocycles. The minimum absolute atomic E-state index is 1.04. The summed E-state index contributed by atoms with van der Waals surface area (Å²) >= 11 is 0. The Morgan fingerprint density at radius 1 is 0.737 bits per heavy atom. The van der Waals surface area contributed by atoms with Crippen LogP contribution >= 0.6 is 0 Å². The van der Waals surface area contributed by atoms with Crippen LogP contribution in [0.3, 0.4) is 0 Å². The molecule has 0 bridgehead atoms. The van der Waals surface area contributed by atoms with Crippen LogP contribution in [0.4, 0.5) is 0 Å². The van der Waals surface area contributed by atoms with E-state index in [0.717, 1.165) is 11.3 Å². The van der Waals surface area contributed by atoms with Crippen LogP contribution in [0.1, 0.15) is 5.56 Å². The van der Waals surface area contributed by atoms with Gasteiger partial charge < -0.3 is 0 Å². The van der Waals surface area contributed by atoms with Crippen molar-refractivity contribution in [2.45, 2.75) is 6.92 Å². The first-order chi connectivity index (χ1) is 9.34. The molecule has 3 rings (SSSR count). The Hall–Kier alpha value is -2.41. The monoisotopic (exact) mass is 245 g/mol. The first-order valence-electron chi connectivity index (χ1n) is 6.42. The lowest BCUT2D eigenvalue weighted by atomic mass is 9.98.